The van der Waals surface area contributed by atoms with Gasteiger partial charge in [-0.15, -0.1) is 0 Å². The summed E-state index contributed by atoms with van der Waals surface area (Å²) in [6.45, 7) is 4.68. The first-order valence-electron chi connectivity index (χ1n) is 12.1. The molecule has 1 saturated heterocycles. The Morgan fingerprint density at radius 1 is 1.30 bits per heavy atom. The maximum absolute atomic E-state index is 15.2. The summed E-state index contributed by atoms with van der Waals surface area (Å²) >= 11 is 6.43. The molecule has 0 atom stereocenters. The van der Waals surface area contributed by atoms with Gasteiger partial charge in [-0.05, 0) is 44.9 Å². The molecule has 0 radical (unpaired) electrons. The lowest BCUT2D eigenvalue weighted by Gasteiger charge is -2.32. The highest BCUT2D eigenvalue weighted by atomic mass is 35.5. The van der Waals surface area contributed by atoms with Crippen LogP contribution in [0.2, 0.25) is 5.02 Å². The average Bonchev–Trinajstić information content (AvgIpc) is 3.22. The number of nitrogens with one attached hydrogen (secondary N) is 1. The van der Waals surface area contributed by atoms with E-state index in [2.05, 4.69) is 15.3 Å². The van der Waals surface area contributed by atoms with Gasteiger partial charge in [-0.25, -0.2) is 19.2 Å². The highest BCUT2D eigenvalue weighted by molar-refractivity contribution is 6.33. The van der Waals surface area contributed by atoms with Crippen LogP contribution in [0.15, 0.2) is 30.7 Å². The number of anilines is 2. The number of halogens is 2. The predicted octanol–water partition coefficient (Wildman–Crippen LogP) is 4.21. The Balaban J connectivity index is 1.53. The van der Waals surface area contributed by atoms with Gasteiger partial charge in [0, 0.05) is 44.5 Å². The number of likely N-dealkylation sites (tertiary alicyclic amines) is 1. The molecule has 1 aliphatic rings. The molecule has 198 valence electrons. The molecule has 1 aromatic carbocycles. The Kier molecular flexibility index (Phi) is 8.13. The minimum atomic E-state index is -0.478. The molecule has 1 aliphatic heterocycles. The summed E-state index contributed by atoms with van der Waals surface area (Å²) in [5.41, 5.74) is 1.25. The molecule has 1 fully saturated rings. The number of carbonyl (C=O) groups excluding carboxylic acids is 2. The quantitative estimate of drug-likeness (QED) is 0.468. The molecule has 2 aromatic heterocycles. The number of aromatic nitrogens is 3. The van der Waals surface area contributed by atoms with Gasteiger partial charge in [-0.1, -0.05) is 11.6 Å². The third-order valence-electron chi connectivity index (χ3n) is 6.27. The molecule has 3 aromatic rings. The van der Waals surface area contributed by atoms with Gasteiger partial charge in [-0.3, -0.25) is 4.79 Å². The molecule has 0 saturated carbocycles. The summed E-state index contributed by atoms with van der Waals surface area (Å²) in [7, 11) is 1.59. The first-order valence-corrected chi connectivity index (χ1v) is 12.5. The summed E-state index contributed by atoms with van der Waals surface area (Å²) in [4.78, 5) is 36.3. The van der Waals surface area contributed by atoms with Gasteiger partial charge in [0.2, 0.25) is 0 Å². The molecule has 10 nitrogen and oxygen atoms in total. The van der Waals surface area contributed by atoms with Gasteiger partial charge in [0.15, 0.2) is 5.82 Å². The lowest BCUT2D eigenvalue weighted by Crippen LogP contribution is -2.40. The largest absolute Gasteiger partial charge is 0.447 e. The van der Waals surface area contributed by atoms with E-state index in [0.717, 1.165) is 0 Å². The number of likely N-dealkylation sites (N-methyl/N-ethyl adjacent to an activating group) is 1. The zero-order chi connectivity index (χ0) is 26.7. The second-order valence-corrected chi connectivity index (χ2v) is 9.63. The van der Waals surface area contributed by atoms with E-state index in [1.165, 1.54) is 23.5 Å². The van der Waals surface area contributed by atoms with Crippen molar-refractivity contribution in [2.45, 2.75) is 38.8 Å². The standard InChI is InChI=1S/C25H30ClFN6O4/c1-15(2)37-25(36)32-8-6-17(7-9-32)33-13-19(27)21-22(28-14-29-23(21)33)30-20-5-4-16(12-18(20)26)24(35)31(3)10-11-34/h4-5,12-15,17,34H,6-11H2,1-3H3,(H,28,29,30). The van der Waals surface area contributed by atoms with Gasteiger partial charge in [0.25, 0.3) is 5.91 Å². The van der Waals surface area contributed by atoms with E-state index in [9.17, 15) is 9.59 Å². The van der Waals surface area contributed by atoms with Crippen LogP contribution in [0.3, 0.4) is 0 Å². The van der Waals surface area contributed by atoms with Crippen LogP contribution in [-0.2, 0) is 4.74 Å². The number of carbonyl (C=O) groups is 2. The topological polar surface area (TPSA) is 113 Å². The minimum Gasteiger partial charge on any atom is -0.447 e. The molecule has 3 heterocycles. The molecular formula is C25H30ClFN6O4. The molecule has 0 unspecified atom stereocenters. The lowest BCUT2D eigenvalue weighted by atomic mass is 10.1. The van der Waals surface area contributed by atoms with Crippen molar-refractivity contribution in [2.75, 3.05) is 38.6 Å². The number of benzene rings is 1. The lowest BCUT2D eigenvalue weighted by molar-refractivity contribution is 0.0662. The SMILES string of the molecule is CC(C)OC(=O)N1CCC(n2cc(F)c3c(Nc4ccc(C(=O)N(C)CCO)cc4Cl)ncnc32)CC1. The number of aliphatic hydroxyl groups is 1. The molecule has 4 rings (SSSR count). The average molecular weight is 533 g/mol. The summed E-state index contributed by atoms with van der Waals surface area (Å²) < 4.78 is 22.3. The maximum atomic E-state index is 15.2. The van der Waals surface area contributed by atoms with E-state index in [4.69, 9.17) is 21.4 Å². The van der Waals surface area contributed by atoms with Gasteiger partial charge < -0.3 is 29.5 Å². The monoisotopic (exact) mass is 532 g/mol. The van der Waals surface area contributed by atoms with E-state index in [-0.39, 0.29) is 53.5 Å². The number of ether oxygens (including phenoxy) is 1. The van der Waals surface area contributed by atoms with Crippen LogP contribution in [0.25, 0.3) is 11.0 Å². The van der Waals surface area contributed by atoms with Crippen LogP contribution >= 0.6 is 11.6 Å². The van der Waals surface area contributed by atoms with E-state index in [1.54, 1.807) is 28.6 Å². The van der Waals surface area contributed by atoms with Crippen molar-refractivity contribution in [1.82, 2.24) is 24.3 Å². The number of fused-ring (bicyclic) bond motifs is 1. The second kappa shape index (κ2) is 11.3. The number of aliphatic hydroxyl groups excluding tert-OH is 1. The van der Waals surface area contributed by atoms with Crippen LogP contribution in [0.1, 0.15) is 43.1 Å². The predicted molar refractivity (Wildman–Crippen MR) is 138 cm³/mol. The molecule has 37 heavy (non-hydrogen) atoms. The van der Waals surface area contributed by atoms with Crippen molar-refractivity contribution >= 4 is 46.1 Å². The zero-order valence-electron chi connectivity index (χ0n) is 20.9. The Morgan fingerprint density at radius 2 is 2.03 bits per heavy atom. The maximum Gasteiger partial charge on any atom is 0.410 e. The van der Waals surface area contributed by atoms with Crippen molar-refractivity contribution in [3.05, 3.63) is 47.1 Å². The third kappa shape index (κ3) is 5.78. The first kappa shape index (κ1) is 26.6. The zero-order valence-corrected chi connectivity index (χ0v) is 21.7. The molecule has 12 heteroatoms. The number of nitrogens with zero attached hydrogens (tertiary/aromatic N) is 5. The number of hydrogen-bond donors (Lipinski definition) is 2. The van der Waals surface area contributed by atoms with E-state index < -0.39 is 5.82 Å². The van der Waals surface area contributed by atoms with Gasteiger partial charge in [-0.2, -0.15) is 0 Å². The Hall–Kier alpha value is -3.44. The first-order chi connectivity index (χ1) is 17.7. The van der Waals surface area contributed by atoms with Crippen LogP contribution in [-0.4, -0.2) is 80.8 Å². The van der Waals surface area contributed by atoms with E-state index in [1.807, 2.05) is 13.8 Å². The number of amides is 2. The second-order valence-electron chi connectivity index (χ2n) is 9.23. The summed E-state index contributed by atoms with van der Waals surface area (Å²) in [6, 6.07) is 4.69. The van der Waals surface area contributed by atoms with Crippen molar-refractivity contribution in [2.24, 2.45) is 0 Å². The summed E-state index contributed by atoms with van der Waals surface area (Å²) in [5, 5.41) is 12.6. The van der Waals surface area contributed by atoms with Gasteiger partial charge >= 0.3 is 6.09 Å². The molecule has 0 bridgehead atoms. The normalized spacial score (nSPS) is 14.3. The van der Waals surface area contributed by atoms with Gasteiger partial charge in [0.1, 0.15) is 17.8 Å². The molecule has 2 N–H and O–H groups in total. The summed E-state index contributed by atoms with van der Waals surface area (Å²) in [5.74, 6) is -0.510. The Labute approximate surface area is 219 Å². The van der Waals surface area contributed by atoms with Gasteiger partial charge in [0.05, 0.1) is 28.8 Å². The van der Waals surface area contributed by atoms with Crippen LogP contribution in [0.5, 0.6) is 0 Å². The minimum absolute atomic E-state index is 0.0392. The number of piperidine rings is 1. The van der Waals surface area contributed by atoms with Crippen molar-refractivity contribution in [3.63, 3.8) is 0 Å². The van der Waals surface area contributed by atoms with Crippen molar-refractivity contribution in [1.29, 1.82) is 0 Å². The van der Waals surface area contributed by atoms with Crippen molar-refractivity contribution in [3.8, 4) is 0 Å². The van der Waals surface area contributed by atoms with E-state index in [0.29, 0.717) is 42.8 Å². The third-order valence-corrected chi connectivity index (χ3v) is 6.58. The molecule has 2 amide bonds. The summed E-state index contributed by atoms with van der Waals surface area (Å²) in [6.07, 6.45) is 3.51. The van der Waals surface area contributed by atoms with E-state index >= 15 is 4.39 Å². The highest BCUT2D eigenvalue weighted by Crippen LogP contribution is 2.34. The van der Waals surface area contributed by atoms with Crippen LogP contribution < -0.4 is 5.32 Å². The Bertz CT molecular complexity index is 1290. The molecular weight excluding hydrogens is 503 g/mol. The van der Waals surface area contributed by atoms with Crippen LogP contribution in [0, 0.1) is 5.82 Å². The fourth-order valence-corrected chi connectivity index (χ4v) is 4.59. The van der Waals surface area contributed by atoms with Crippen molar-refractivity contribution < 1.29 is 23.8 Å². The fraction of sp³-hybridized carbons (Fsp3) is 0.440. The number of hydrogen-bond acceptors (Lipinski definition) is 7. The molecule has 0 spiro atoms. The highest BCUT2D eigenvalue weighted by Gasteiger charge is 2.28. The Morgan fingerprint density at radius 3 is 2.68 bits per heavy atom. The number of rotatable bonds is 7. The van der Waals surface area contributed by atoms with Crippen LogP contribution in [0.4, 0.5) is 20.7 Å². The smallest absolute Gasteiger partial charge is 0.410 e. The fourth-order valence-electron chi connectivity index (χ4n) is 4.36. The molecule has 0 aliphatic carbocycles.